The molecule has 94 valence electrons. The summed E-state index contributed by atoms with van der Waals surface area (Å²) in [4.78, 5) is 21.6. The van der Waals surface area contributed by atoms with Crippen molar-refractivity contribution >= 4 is 7.60 Å². The molecule has 2 rings (SSSR count). The Morgan fingerprint density at radius 1 is 1.24 bits per heavy atom. The SMILES string of the molecule is O=P([O-])([O-])Cc1ccccc1OC1CCCC1. The molecule has 0 spiro atoms. The first-order chi connectivity index (χ1) is 8.04. The van der Waals surface area contributed by atoms with Gasteiger partial charge in [-0.05, 0) is 37.3 Å². The van der Waals surface area contributed by atoms with Gasteiger partial charge in [0.15, 0.2) is 0 Å². The van der Waals surface area contributed by atoms with Gasteiger partial charge in [0.25, 0.3) is 0 Å². The molecule has 0 N–H and O–H groups in total. The van der Waals surface area contributed by atoms with E-state index in [9.17, 15) is 14.4 Å². The summed E-state index contributed by atoms with van der Waals surface area (Å²) in [5.41, 5.74) is 0.465. The average Bonchev–Trinajstić information content (AvgIpc) is 2.71. The molecule has 0 saturated heterocycles. The average molecular weight is 254 g/mol. The van der Waals surface area contributed by atoms with Crippen molar-refractivity contribution in [3.8, 4) is 5.75 Å². The van der Waals surface area contributed by atoms with Crippen molar-refractivity contribution in [1.29, 1.82) is 0 Å². The molecule has 1 aliphatic rings. The third kappa shape index (κ3) is 3.84. The first-order valence-electron chi connectivity index (χ1n) is 5.80. The third-order valence-corrected chi connectivity index (χ3v) is 3.66. The van der Waals surface area contributed by atoms with Gasteiger partial charge in [-0.2, -0.15) is 0 Å². The maximum absolute atomic E-state index is 10.8. The summed E-state index contributed by atoms with van der Waals surface area (Å²) < 4.78 is 16.6. The van der Waals surface area contributed by atoms with Gasteiger partial charge < -0.3 is 19.1 Å². The highest BCUT2D eigenvalue weighted by molar-refractivity contribution is 7.47. The van der Waals surface area contributed by atoms with Gasteiger partial charge in [0.05, 0.1) is 6.10 Å². The third-order valence-electron chi connectivity index (χ3n) is 2.93. The summed E-state index contributed by atoms with van der Waals surface area (Å²) in [6, 6.07) is 6.86. The molecule has 5 heteroatoms. The second-order valence-corrected chi connectivity index (χ2v) is 5.94. The van der Waals surface area contributed by atoms with Gasteiger partial charge in [-0.15, -0.1) is 0 Å². The molecular formula is C12H15O4P-2. The van der Waals surface area contributed by atoms with Crippen molar-refractivity contribution in [2.24, 2.45) is 0 Å². The van der Waals surface area contributed by atoms with Crippen molar-refractivity contribution in [3.63, 3.8) is 0 Å². The maximum Gasteiger partial charge on any atom is 0.123 e. The molecule has 0 amide bonds. The largest absolute Gasteiger partial charge is 0.810 e. The first-order valence-corrected chi connectivity index (χ1v) is 7.53. The van der Waals surface area contributed by atoms with E-state index in [4.69, 9.17) is 4.74 Å². The minimum absolute atomic E-state index is 0.161. The number of para-hydroxylation sites is 1. The Balaban J connectivity index is 2.12. The number of rotatable bonds is 4. The van der Waals surface area contributed by atoms with Gasteiger partial charge in [-0.3, -0.25) is 0 Å². The van der Waals surface area contributed by atoms with E-state index < -0.39 is 13.8 Å². The fourth-order valence-corrected chi connectivity index (χ4v) is 2.82. The van der Waals surface area contributed by atoms with E-state index >= 15 is 0 Å². The van der Waals surface area contributed by atoms with Crippen LogP contribution in [0.4, 0.5) is 0 Å². The van der Waals surface area contributed by atoms with E-state index in [0.29, 0.717) is 11.3 Å². The van der Waals surface area contributed by atoms with Crippen LogP contribution in [0.3, 0.4) is 0 Å². The van der Waals surface area contributed by atoms with Gasteiger partial charge in [-0.25, -0.2) is 0 Å². The number of benzene rings is 1. The van der Waals surface area contributed by atoms with Crippen LogP contribution in [0.1, 0.15) is 31.2 Å². The fourth-order valence-electron chi connectivity index (χ4n) is 2.14. The van der Waals surface area contributed by atoms with Crippen LogP contribution in [0.5, 0.6) is 5.75 Å². The number of ether oxygens (including phenoxy) is 1. The highest BCUT2D eigenvalue weighted by Crippen LogP contribution is 2.35. The summed E-state index contributed by atoms with van der Waals surface area (Å²) in [5, 5.41) is 0. The minimum Gasteiger partial charge on any atom is -0.810 e. The Labute approximate surface area is 101 Å². The maximum atomic E-state index is 10.8. The highest BCUT2D eigenvalue weighted by atomic mass is 31.2. The van der Waals surface area contributed by atoms with Gasteiger partial charge in [-0.1, -0.05) is 25.8 Å². The second-order valence-electron chi connectivity index (χ2n) is 4.40. The molecule has 1 fully saturated rings. The van der Waals surface area contributed by atoms with Crippen LogP contribution < -0.4 is 14.5 Å². The van der Waals surface area contributed by atoms with Crippen LogP contribution in [0.15, 0.2) is 24.3 Å². The molecule has 0 unspecified atom stereocenters. The summed E-state index contributed by atoms with van der Waals surface area (Å²) in [7, 11) is -4.54. The molecule has 1 saturated carbocycles. The molecule has 1 aromatic rings. The van der Waals surface area contributed by atoms with E-state index in [-0.39, 0.29) is 6.10 Å². The lowest BCUT2D eigenvalue weighted by molar-refractivity contribution is -0.314. The Bertz CT molecular complexity index is 420. The van der Waals surface area contributed by atoms with Gasteiger partial charge in [0.2, 0.25) is 0 Å². The molecule has 0 aliphatic heterocycles. The lowest BCUT2D eigenvalue weighted by Crippen LogP contribution is -2.17. The molecule has 0 aromatic heterocycles. The fraction of sp³-hybridized carbons (Fsp3) is 0.500. The van der Waals surface area contributed by atoms with Crippen molar-refractivity contribution in [2.75, 3.05) is 0 Å². The molecule has 0 radical (unpaired) electrons. The van der Waals surface area contributed by atoms with Crippen LogP contribution in [0.25, 0.3) is 0 Å². The zero-order valence-corrected chi connectivity index (χ0v) is 10.4. The van der Waals surface area contributed by atoms with Crippen LogP contribution >= 0.6 is 7.60 Å². The smallest absolute Gasteiger partial charge is 0.123 e. The van der Waals surface area contributed by atoms with Crippen molar-refractivity contribution in [1.82, 2.24) is 0 Å². The monoisotopic (exact) mass is 254 g/mol. The zero-order chi connectivity index (χ0) is 12.3. The van der Waals surface area contributed by atoms with Crippen LogP contribution in [-0.2, 0) is 10.7 Å². The summed E-state index contributed by atoms with van der Waals surface area (Å²) in [5.74, 6) is 0.534. The molecule has 1 aromatic carbocycles. The quantitative estimate of drug-likeness (QED) is 0.762. The summed E-state index contributed by atoms with van der Waals surface area (Å²) in [6.45, 7) is 0. The van der Waals surface area contributed by atoms with Gasteiger partial charge >= 0.3 is 0 Å². The van der Waals surface area contributed by atoms with Gasteiger partial charge in [0, 0.05) is 6.16 Å². The normalized spacial score (nSPS) is 17.3. The summed E-state index contributed by atoms with van der Waals surface area (Å²) in [6.07, 6.45) is 3.98. The van der Waals surface area contributed by atoms with E-state index in [1.807, 2.05) is 0 Å². The highest BCUT2D eigenvalue weighted by Gasteiger charge is 2.17. The second kappa shape index (κ2) is 5.21. The molecule has 17 heavy (non-hydrogen) atoms. The first kappa shape index (κ1) is 12.6. The molecule has 1 aliphatic carbocycles. The number of hydrogen-bond acceptors (Lipinski definition) is 4. The van der Waals surface area contributed by atoms with E-state index in [0.717, 1.165) is 25.7 Å². The lowest BCUT2D eigenvalue weighted by atomic mass is 10.2. The van der Waals surface area contributed by atoms with E-state index in [1.54, 1.807) is 24.3 Å². The Hall–Kier alpha value is -0.830. The van der Waals surface area contributed by atoms with Crippen LogP contribution in [0, 0.1) is 0 Å². The predicted molar refractivity (Wildman–Crippen MR) is 60.6 cm³/mol. The van der Waals surface area contributed by atoms with E-state index in [2.05, 4.69) is 0 Å². The zero-order valence-electron chi connectivity index (χ0n) is 9.50. The molecule has 0 bridgehead atoms. The summed E-state index contributed by atoms with van der Waals surface area (Å²) >= 11 is 0. The molecule has 0 heterocycles. The molecule has 0 atom stereocenters. The molecular weight excluding hydrogens is 239 g/mol. The Morgan fingerprint density at radius 2 is 1.88 bits per heavy atom. The Morgan fingerprint density at radius 3 is 2.53 bits per heavy atom. The molecule has 4 nitrogen and oxygen atoms in total. The Kier molecular flexibility index (Phi) is 3.87. The van der Waals surface area contributed by atoms with Crippen molar-refractivity contribution in [2.45, 2.75) is 37.9 Å². The predicted octanol–water partition coefficient (Wildman–Crippen LogP) is 1.42. The van der Waals surface area contributed by atoms with E-state index in [1.165, 1.54) is 0 Å². The number of hydrogen-bond donors (Lipinski definition) is 0. The van der Waals surface area contributed by atoms with Crippen molar-refractivity contribution in [3.05, 3.63) is 29.8 Å². The van der Waals surface area contributed by atoms with Crippen molar-refractivity contribution < 1.29 is 19.1 Å². The minimum atomic E-state index is -4.54. The lowest BCUT2D eigenvalue weighted by Gasteiger charge is -2.30. The topological polar surface area (TPSA) is 72.4 Å². The van der Waals surface area contributed by atoms with Gasteiger partial charge in [0.1, 0.15) is 5.75 Å². The standard InChI is InChI=1S/C12H17O4P/c13-17(14,15)9-10-5-1-4-8-12(10)16-11-6-2-3-7-11/h1,4-5,8,11H,2-3,6-7,9H2,(H2,13,14,15)/p-2. The van der Waals surface area contributed by atoms with Crippen LogP contribution in [0.2, 0.25) is 0 Å². The van der Waals surface area contributed by atoms with Crippen LogP contribution in [-0.4, -0.2) is 6.10 Å².